The Balaban J connectivity index is 0.000000778. The molecule has 8 saturated heterocycles. The van der Waals surface area contributed by atoms with Gasteiger partial charge in [0.15, 0.2) is 46.0 Å². The van der Waals surface area contributed by atoms with E-state index in [1.807, 2.05) is 42.3 Å². The summed E-state index contributed by atoms with van der Waals surface area (Å²) in [5.74, 6) is 8.78. The second-order valence-electron chi connectivity index (χ2n) is 35.7. The van der Waals surface area contributed by atoms with Crippen molar-refractivity contribution in [1.29, 1.82) is 0 Å². The first kappa shape index (κ1) is 119. The van der Waals surface area contributed by atoms with Crippen molar-refractivity contribution in [3.05, 3.63) is 148 Å². The first-order valence-corrected chi connectivity index (χ1v) is 42.9. The van der Waals surface area contributed by atoms with Crippen LogP contribution >= 0.6 is 21.5 Å². The molecule has 8 aliphatic heterocycles. The quantitative estimate of drug-likeness (QED) is 0.0251. The summed E-state index contributed by atoms with van der Waals surface area (Å²) in [5.41, 5.74) is 2.37. The van der Waals surface area contributed by atoms with Crippen LogP contribution in [0.3, 0.4) is 0 Å². The fraction of sp³-hybridized carbons (Fsp3) is 0.649. The number of rotatable bonds is 22. The predicted molar refractivity (Wildman–Crippen MR) is 487 cm³/mol. The van der Waals surface area contributed by atoms with Crippen molar-refractivity contribution in [2.45, 2.75) is 360 Å². The van der Waals surface area contributed by atoms with Crippen LogP contribution in [0, 0.1) is 82.5 Å². The molecule has 10 heterocycles. The van der Waals surface area contributed by atoms with Gasteiger partial charge in [-0.25, -0.2) is 9.97 Å². The SMILES string of the molecule is C.C.C.C.C.CC(C)(C)[O-].Cc1ccc(OC2C[C@H]3CCC[C@@H](C2)N3)c(OCC(C)C)c1.Cc1ccc(OC2C[C@H]3CCC[C@@H](C2)N3O)c(OCC(C)C)c1.Cc1ccc(OC2C[C@H]3CCC[C@@H](C2)N3O)c(OCC(C)C)c1.Cc1ccc(OC2C[C@H]3CCC[C@@H](C2)N3Oc2ccc(C(F)(F)F)cn2)c(OCC(C)C)c1.FC(F)(F)c1ccc(Cl)nc1.P.[K+].[U]. The fourth-order valence-corrected chi connectivity index (χ4v) is 16.1. The van der Waals surface area contributed by atoms with E-state index < -0.39 is 29.1 Å². The minimum absolute atomic E-state index is 0. The number of hydrogen-bond acceptors (Lipinski definition) is 18. The summed E-state index contributed by atoms with van der Waals surface area (Å²) in [7, 11) is 0. The largest absolute Gasteiger partial charge is 1.00 e. The molecule has 0 spiro atoms. The van der Waals surface area contributed by atoms with Crippen LogP contribution in [-0.2, 0) is 12.4 Å². The van der Waals surface area contributed by atoms with Gasteiger partial charge in [-0.05, 0) is 205 Å². The summed E-state index contributed by atoms with van der Waals surface area (Å²) in [4.78, 5) is 13.1. The van der Waals surface area contributed by atoms with Gasteiger partial charge >= 0.3 is 63.7 Å². The van der Waals surface area contributed by atoms with Crippen LogP contribution in [0.25, 0.3) is 0 Å². The Hall–Kier alpha value is -3.91. The second kappa shape index (κ2) is 56.8. The predicted octanol–water partition coefficient (Wildman–Crippen LogP) is 21.8. The zero-order valence-corrected chi connectivity index (χ0v) is 83.1. The molecule has 3 N–H and O–H groups in total. The molecule has 8 bridgehead atoms. The Bertz CT molecular complexity index is 3840. The number of fused-ring (bicyclic) bond motifs is 8. The summed E-state index contributed by atoms with van der Waals surface area (Å²) in [6.45, 7) is 33.1. The number of nitrogens with zero attached hydrogens (tertiary/aromatic N) is 5. The Kier molecular flexibility index (Phi) is 54.2. The molecule has 0 amide bonds. The molecule has 125 heavy (non-hydrogen) atoms. The maximum atomic E-state index is 12.8. The molecule has 18 nitrogen and oxygen atoms in total. The van der Waals surface area contributed by atoms with Crippen molar-refractivity contribution in [2.75, 3.05) is 26.4 Å². The van der Waals surface area contributed by atoms with Gasteiger partial charge in [0.1, 0.15) is 29.6 Å². The number of aromatic nitrogens is 2. The van der Waals surface area contributed by atoms with Gasteiger partial charge < -0.3 is 63.6 Å². The van der Waals surface area contributed by atoms with Crippen LogP contribution in [0.15, 0.2) is 109 Å². The van der Waals surface area contributed by atoms with Crippen LogP contribution in [0.4, 0.5) is 26.3 Å². The van der Waals surface area contributed by atoms with E-state index >= 15 is 0 Å². The first-order chi connectivity index (χ1) is 55.3. The topological polar surface area (TPSA) is 194 Å². The molecule has 0 radical (unpaired) electrons. The molecule has 28 heteroatoms. The summed E-state index contributed by atoms with van der Waals surface area (Å²) < 4.78 is 123. The molecule has 2 aromatic heterocycles. The maximum Gasteiger partial charge on any atom is 1.00 e. The number of ether oxygens (including phenoxy) is 8. The number of pyridine rings is 2. The molecule has 8 fully saturated rings. The van der Waals surface area contributed by atoms with Gasteiger partial charge in [-0.2, -0.15) is 46.4 Å². The molecular formula is C97H153ClF6KN6O12PU. The number of hydrogen-bond donors (Lipinski definition) is 3. The van der Waals surface area contributed by atoms with Gasteiger partial charge in [0, 0.05) is 136 Å². The number of piperidine rings is 8. The normalized spacial score (nSPS) is 22.9. The number of hydroxylamine groups is 6. The summed E-state index contributed by atoms with van der Waals surface area (Å²) in [6, 6.07) is 31.4. The number of benzene rings is 4. The zero-order chi connectivity index (χ0) is 84.9. The maximum absolute atomic E-state index is 12.8. The summed E-state index contributed by atoms with van der Waals surface area (Å²) >= 11 is 5.28. The molecular weight excluding hydrogens is 1900 g/mol. The van der Waals surface area contributed by atoms with E-state index in [2.05, 4.69) is 134 Å². The molecule has 5 unspecified atom stereocenters. The van der Waals surface area contributed by atoms with E-state index in [0.717, 1.165) is 179 Å². The van der Waals surface area contributed by atoms with Crippen LogP contribution in [0.1, 0.15) is 275 Å². The zero-order valence-electron chi connectivity index (χ0n) is 73.7. The van der Waals surface area contributed by atoms with E-state index in [4.69, 9.17) is 54.3 Å². The Morgan fingerprint density at radius 2 is 0.680 bits per heavy atom. The van der Waals surface area contributed by atoms with E-state index in [1.165, 1.54) is 54.9 Å². The molecule has 8 aliphatic rings. The van der Waals surface area contributed by atoms with Crippen LogP contribution in [0.2, 0.25) is 5.15 Å². The molecule has 14 rings (SSSR count). The van der Waals surface area contributed by atoms with E-state index in [9.17, 15) is 41.9 Å². The van der Waals surface area contributed by atoms with E-state index in [1.54, 1.807) is 30.9 Å². The molecule has 702 valence electrons. The average Bonchev–Trinajstić information content (AvgIpc) is 0.793. The standard InChI is InChI=1S/C25H31F3N2O3.2C19H29NO3.C19H29NO2.C6H3ClF3N.C4H9O.5CH4.K.H3P.U/c1-16(2)15-31-23-11-17(3)7-9-22(23)32-21-12-19-5-4-6-20(13-21)30(19)33-24-10-8-18(14-29-24)25(26,27)28;2*1-13(2)12-22-19-9-14(3)7-8-18(19)23-17-10-15-5-4-6-16(11-17)20(15)21;1-13(2)12-21-19-9-14(3)7-8-18(19)22-17-10-15-5-4-6-16(11-17)20-15;7-5-2-1-4(3-11-5)6(8,9)10;1-4(2,3)5;;;;;;;;/h7-11,14,16,19-21H,4-6,12-13,15H2,1-3H3;2*7-9,13,15-17,21H,4-6,10-12H2,1-3H3;7-9,13,15-17,20H,4-6,10-12H2,1-3H3;1-3H;1-3H3;5*1H4;;1H3;/q;;;;;-1;;;;;;+1;;/t19-,20+,21?;3*15-,16+,17?;;;;;;;;;;. The Morgan fingerprint density at radius 3 is 0.944 bits per heavy atom. The summed E-state index contributed by atoms with van der Waals surface area (Å²) in [6.07, 6.45) is 14.4. The van der Waals surface area contributed by atoms with Crippen LogP contribution in [-0.4, -0.2) is 140 Å². The molecule has 6 aromatic rings. The third-order valence-electron chi connectivity index (χ3n) is 21.5. The monoisotopic (exact) mass is 2050 g/mol. The first-order valence-electron chi connectivity index (χ1n) is 42.5. The Labute approximate surface area is 821 Å². The average molecular weight is 2050 g/mol. The minimum Gasteiger partial charge on any atom is -0.850 e. The van der Waals surface area contributed by atoms with E-state index in [0.29, 0.717) is 67.9 Å². The van der Waals surface area contributed by atoms with Gasteiger partial charge in [-0.15, -0.1) is 10.7 Å². The van der Waals surface area contributed by atoms with Crippen molar-refractivity contribution in [3.63, 3.8) is 0 Å². The molecule has 0 saturated carbocycles. The fourth-order valence-electron chi connectivity index (χ4n) is 15.9. The third kappa shape index (κ3) is 40.2. The number of alkyl halides is 6. The molecule has 0 aliphatic carbocycles. The number of aryl methyl sites for hydroxylation is 4. The van der Waals surface area contributed by atoms with Gasteiger partial charge in [-0.3, -0.25) is 0 Å². The van der Waals surface area contributed by atoms with Crippen molar-refractivity contribution in [1.82, 2.24) is 30.5 Å². The number of nitrogens with one attached hydrogen (secondary N) is 1. The molecule has 13 atom stereocenters. The van der Waals surface area contributed by atoms with Crippen molar-refractivity contribution in [3.8, 4) is 51.9 Å². The van der Waals surface area contributed by atoms with E-state index in [-0.39, 0.29) is 195 Å². The number of halogens is 7. The van der Waals surface area contributed by atoms with Crippen molar-refractivity contribution >= 4 is 21.5 Å². The van der Waals surface area contributed by atoms with Gasteiger partial charge in [-0.1, -0.05) is 175 Å². The van der Waals surface area contributed by atoms with Gasteiger partial charge in [0.2, 0.25) is 5.88 Å². The van der Waals surface area contributed by atoms with Gasteiger partial charge in [0.25, 0.3) is 0 Å². The second-order valence-corrected chi connectivity index (χ2v) is 36.1. The Morgan fingerprint density at radius 1 is 0.416 bits per heavy atom. The summed E-state index contributed by atoms with van der Waals surface area (Å²) in [5, 5.41) is 39.3. The van der Waals surface area contributed by atoms with Crippen molar-refractivity contribution in [2.24, 2.45) is 23.7 Å². The minimum atomic E-state index is -4.41. The van der Waals surface area contributed by atoms with Gasteiger partial charge in [0.05, 0.1) is 37.6 Å². The third-order valence-corrected chi connectivity index (χ3v) is 21.7. The van der Waals surface area contributed by atoms with Crippen LogP contribution in [0.5, 0.6) is 51.9 Å². The van der Waals surface area contributed by atoms with Crippen LogP contribution < -0.4 is 105 Å². The molecule has 4 aromatic carbocycles. The smallest absolute Gasteiger partial charge is 0.850 e. The van der Waals surface area contributed by atoms with Crippen molar-refractivity contribution < 1.29 is 167 Å².